The molecule has 24 heavy (non-hydrogen) atoms. The second-order valence-corrected chi connectivity index (χ2v) is 5.61. The van der Waals surface area contributed by atoms with Gasteiger partial charge in [-0.3, -0.25) is 9.59 Å². The Morgan fingerprint density at radius 2 is 1.96 bits per heavy atom. The van der Waals surface area contributed by atoms with Gasteiger partial charge in [0.1, 0.15) is 5.71 Å². The number of nitrogens with one attached hydrogen (secondary N) is 1. The summed E-state index contributed by atoms with van der Waals surface area (Å²) in [6.07, 6.45) is -0.137. The minimum absolute atomic E-state index is 0.137. The van der Waals surface area contributed by atoms with Crippen LogP contribution in [-0.2, 0) is 11.2 Å². The van der Waals surface area contributed by atoms with Crippen molar-refractivity contribution in [2.75, 3.05) is 0 Å². The number of H-pyrrole nitrogens is 1. The number of rotatable bonds is 3. The van der Waals surface area contributed by atoms with Gasteiger partial charge >= 0.3 is 5.97 Å². The lowest BCUT2D eigenvalue weighted by Crippen LogP contribution is -2.10. The molecule has 2 heterocycles. The van der Waals surface area contributed by atoms with Crippen LogP contribution >= 0.6 is 0 Å². The van der Waals surface area contributed by atoms with Gasteiger partial charge in [-0.05, 0) is 29.8 Å². The highest BCUT2D eigenvalue weighted by atomic mass is 16.4. The van der Waals surface area contributed by atoms with Crippen LogP contribution in [0.4, 0.5) is 5.69 Å². The number of benzene rings is 2. The van der Waals surface area contributed by atoms with E-state index in [4.69, 9.17) is 5.11 Å². The third kappa shape index (κ3) is 2.08. The smallest absolute Gasteiger partial charge is 0.307 e. The van der Waals surface area contributed by atoms with Crippen LogP contribution in [0.15, 0.2) is 47.5 Å². The molecule has 4 rings (SSSR count). The topological polar surface area (TPSA) is 103 Å². The molecule has 0 atom stereocenters. The first kappa shape index (κ1) is 14.2. The van der Waals surface area contributed by atoms with E-state index < -0.39 is 5.97 Å². The third-order valence-electron chi connectivity index (χ3n) is 4.03. The van der Waals surface area contributed by atoms with Gasteiger partial charge in [-0.15, -0.1) is 0 Å². The number of carbonyl (C=O) groups is 2. The Morgan fingerprint density at radius 3 is 2.71 bits per heavy atom. The summed E-state index contributed by atoms with van der Waals surface area (Å²) in [4.78, 5) is 30.7. The van der Waals surface area contributed by atoms with E-state index in [-0.39, 0.29) is 23.8 Å². The number of hydrogen-bond donors (Lipinski definition) is 3. The first-order chi connectivity index (χ1) is 11.5. The van der Waals surface area contributed by atoms with Crippen LogP contribution in [0.2, 0.25) is 0 Å². The number of fused-ring (bicyclic) bond motifs is 2. The molecule has 0 radical (unpaired) electrons. The Bertz CT molecular complexity index is 1050. The van der Waals surface area contributed by atoms with Gasteiger partial charge < -0.3 is 15.2 Å². The van der Waals surface area contributed by atoms with Crippen molar-refractivity contribution >= 4 is 34.1 Å². The van der Waals surface area contributed by atoms with Crippen molar-refractivity contribution in [2.24, 2.45) is 4.99 Å². The number of aliphatic carboxylic acids is 1. The highest BCUT2D eigenvalue weighted by Gasteiger charge is 2.29. The van der Waals surface area contributed by atoms with Crippen LogP contribution < -0.4 is 0 Å². The fourth-order valence-corrected chi connectivity index (χ4v) is 2.98. The van der Waals surface area contributed by atoms with Crippen molar-refractivity contribution in [1.82, 2.24) is 4.98 Å². The molecule has 0 saturated heterocycles. The predicted octanol–water partition coefficient (Wildman–Crippen LogP) is 2.82. The van der Waals surface area contributed by atoms with E-state index in [2.05, 4.69) is 9.98 Å². The summed E-state index contributed by atoms with van der Waals surface area (Å²) in [7, 11) is 0. The number of aromatic amines is 1. The summed E-state index contributed by atoms with van der Waals surface area (Å²) in [5.41, 5.74) is 2.71. The molecule has 0 spiro atoms. The number of carboxylic acid groups (broad SMARTS) is 1. The fraction of sp³-hybridized carbons (Fsp3) is 0.0556. The normalized spacial score (nSPS) is 13.2. The average molecular weight is 320 g/mol. The molecular weight excluding hydrogens is 308 g/mol. The van der Waals surface area contributed by atoms with Crippen molar-refractivity contribution < 1.29 is 19.8 Å². The number of hydrogen-bond acceptors (Lipinski definition) is 4. The quantitative estimate of drug-likeness (QED) is 0.690. The Morgan fingerprint density at radius 1 is 1.17 bits per heavy atom. The molecule has 1 aliphatic heterocycles. The summed E-state index contributed by atoms with van der Waals surface area (Å²) in [5, 5.41) is 19.8. The molecule has 0 unspecified atom stereocenters. The van der Waals surface area contributed by atoms with E-state index >= 15 is 0 Å². The van der Waals surface area contributed by atoms with E-state index in [1.807, 2.05) is 0 Å². The van der Waals surface area contributed by atoms with Crippen molar-refractivity contribution in [3.8, 4) is 5.88 Å². The summed E-state index contributed by atoms with van der Waals surface area (Å²) < 4.78 is 0. The highest BCUT2D eigenvalue weighted by molar-refractivity contribution is 6.56. The average Bonchev–Trinajstić information content (AvgIpc) is 3.03. The number of aliphatic imine (C=N–C) groups is 1. The molecule has 0 fully saturated rings. The van der Waals surface area contributed by atoms with E-state index in [1.165, 1.54) is 0 Å². The van der Waals surface area contributed by atoms with Gasteiger partial charge in [0.05, 0.1) is 17.7 Å². The van der Waals surface area contributed by atoms with Gasteiger partial charge in [0.15, 0.2) is 5.88 Å². The number of carboxylic acids is 1. The van der Waals surface area contributed by atoms with Crippen LogP contribution in [0.5, 0.6) is 5.88 Å². The lowest BCUT2D eigenvalue weighted by molar-refractivity contribution is -0.136. The minimum Gasteiger partial charge on any atom is -0.494 e. The molecule has 0 bridgehead atoms. The maximum Gasteiger partial charge on any atom is 0.307 e. The van der Waals surface area contributed by atoms with Crippen LogP contribution in [0, 0.1) is 0 Å². The Kier molecular flexibility index (Phi) is 2.99. The summed E-state index contributed by atoms with van der Waals surface area (Å²) in [5.74, 6) is -1.36. The predicted molar refractivity (Wildman–Crippen MR) is 88.3 cm³/mol. The van der Waals surface area contributed by atoms with Crippen molar-refractivity contribution in [2.45, 2.75) is 6.42 Å². The molecule has 1 aliphatic rings. The van der Waals surface area contributed by atoms with Crippen molar-refractivity contribution in [3.63, 3.8) is 0 Å². The molecule has 0 saturated carbocycles. The SMILES string of the molecule is O=C(O)Cc1ccc2[nH]c(O)c(C3=Nc4ccccc4C3=O)c2c1. The molecule has 0 amide bonds. The van der Waals surface area contributed by atoms with Crippen LogP contribution in [-0.4, -0.2) is 32.7 Å². The summed E-state index contributed by atoms with van der Waals surface area (Å²) in [6.45, 7) is 0. The number of aromatic hydroxyl groups is 1. The largest absolute Gasteiger partial charge is 0.494 e. The minimum atomic E-state index is -0.947. The molecule has 6 heteroatoms. The number of ketones is 1. The zero-order valence-corrected chi connectivity index (χ0v) is 12.4. The Labute approximate surface area is 136 Å². The van der Waals surface area contributed by atoms with Gasteiger partial charge in [0, 0.05) is 16.5 Å². The second kappa shape index (κ2) is 5.06. The first-order valence-electron chi connectivity index (χ1n) is 7.33. The third-order valence-corrected chi connectivity index (χ3v) is 4.03. The number of carbonyl (C=O) groups excluding carboxylic acids is 1. The van der Waals surface area contributed by atoms with E-state index in [1.54, 1.807) is 42.5 Å². The first-order valence-corrected chi connectivity index (χ1v) is 7.33. The number of para-hydroxylation sites is 1. The van der Waals surface area contributed by atoms with E-state index in [0.29, 0.717) is 33.3 Å². The number of Topliss-reactive ketones (excluding diaryl/α,β-unsaturated/α-hetero) is 1. The monoisotopic (exact) mass is 320 g/mol. The molecule has 1 aromatic heterocycles. The molecule has 118 valence electrons. The maximum atomic E-state index is 12.6. The second-order valence-electron chi connectivity index (χ2n) is 5.61. The summed E-state index contributed by atoms with van der Waals surface area (Å²) >= 11 is 0. The molecule has 2 aromatic carbocycles. The highest BCUT2D eigenvalue weighted by Crippen LogP contribution is 2.35. The lowest BCUT2D eigenvalue weighted by Gasteiger charge is -2.01. The van der Waals surface area contributed by atoms with Gasteiger partial charge in [-0.25, -0.2) is 4.99 Å². The van der Waals surface area contributed by atoms with Gasteiger partial charge in [-0.1, -0.05) is 18.2 Å². The van der Waals surface area contributed by atoms with Crippen molar-refractivity contribution in [3.05, 3.63) is 59.2 Å². The zero-order valence-electron chi connectivity index (χ0n) is 12.4. The lowest BCUT2D eigenvalue weighted by atomic mass is 10.00. The van der Waals surface area contributed by atoms with E-state index in [0.717, 1.165) is 0 Å². The molecule has 3 N–H and O–H groups in total. The van der Waals surface area contributed by atoms with Crippen LogP contribution in [0.1, 0.15) is 21.5 Å². The summed E-state index contributed by atoms with van der Waals surface area (Å²) in [6, 6.07) is 12.0. The standard InChI is InChI=1S/C18H12N2O4/c21-14(22)8-9-5-6-13-11(7-9)15(18(24)20-13)16-17(23)10-3-1-2-4-12(10)19-16/h1-7,20,24H,8H2,(H,21,22). The zero-order chi connectivity index (χ0) is 16.8. The number of aromatic nitrogens is 1. The van der Waals surface area contributed by atoms with Crippen LogP contribution in [0.25, 0.3) is 10.9 Å². The Balaban J connectivity index is 1.90. The van der Waals surface area contributed by atoms with Gasteiger partial charge in [0.2, 0.25) is 5.78 Å². The molecule has 3 aromatic rings. The molecule has 0 aliphatic carbocycles. The Hall–Kier alpha value is -3.41. The van der Waals surface area contributed by atoms with E-state index in [9.17, 15) is 14.7 Å². The van der Waals surface area contributed by atoms with Crippen molar-refractivity contribution in [1.29, 1.82) is 0 Å². The molecular formula is C18H12N2O4. The van der Waals surface area contributed by atoms with Gasteiger partial charge in [-0.2, -0.15) is 0 Å². The fourth-order valence-electron chi connectivity index (χ4n) is 2.98. The molecule has 6 nitrogen and oxygen atoms in total. The maximum absolute atomic E-state index is 12.6. The van der Waals surface area contributed by atoms with Crippen LogP contribution in [0.3, 0.4) is 0 Å². The van der Waals surface area contributed by atoms with Gasteiger partial charge in [0.25, 0.3) is 0 Å². The number of nitrogens with zero attached hydrogens (tertiary/aromatic N) is 1.